The summed E-state index contributed by atoms with van der Waals surface area (Å²) in [7, 11) is 0. The Labute approximate surface area is 853 Å². The summed E-state index contributed by atoms with van der Waals surface area (Å²) < 4.78 is 7.36. The molecule has 0 amide bonds. The first-order valence-electron chi connectivity index (χ1n) is 50.6. The van der Waals surface area contributed by atoms with Crippen LogP contribution in [0.15, 0.2) is 473 Å². The van der Waals surface area contributed by atoms with Gasteiger partial charge in [-0.2, -0.15) is 0 Å². The van der Waals surface area contributed by atoms with Gasteiger partial charge in [0.2, 0.25) is 0 Å². The lowest BCUT2D eigenvalue weighted by molar-refractivity contribution is 1.07. The summed E-state index contributed by atoms with van der Waals surface area (Å²) in [6, 6.07) is 171. The smallest absolute Gasteiger partial charge is 0.164 e. The number of fused-ring (bicyclic) bond motifs is 11. The minimum atomic E-state index is 0.563. The predicted octanol–water partition coefficient (Wildman–Crippen LogP) is 34.6. The standard InChI is InChI=1S/C137H78N12/c1-4-27-83(28-5-1)129-138-132(141-134(140-129)91-55-54-79-26-10-11-33-88(79)76-91)86-56-65-93(66-57-86)148-115-52-24-49-106-111-77-90(61-69-99(111)103-46-21-35-81-63-73-118(148)127(121(81)103)124(106)115)95-38-13-19-44-109(95)136-143-131(85-31-8-3-9-32-85)144-137(146-136)110-71-75-113(101-42-17-16-41-98(101)110)149-116-53-25-50-107-112-78-89(60-70-100(112)104-47-22-36-82-64-74-119(149)128(122(82)104)125(107)116)94-37-12-18-43-108(94)135-142-130(84-29-6-2-7-30-84)139-133(145-135)87-58-67-92(68-59-87)147-114-51-23-48-105-97-40-15-14-39-96(97)102-45-20-34-80-62-72-117(147)126(120(80)102)123(105)114/h1-78H. The van der Waals surface area contributed by atoms with Crippen molar-refractivity contribution < 1.29 is 0 Å². The van der Waals surface area contributed by atoms with Gasteiger partial charge in [0.1, 0.15) is 0 Å². The highest BCUT2D eigenvalue weighted by Crippen LogP contribution is 2.57. The lowest BCUT2D eigenvalue weighted by atomic mass is 9.89. The van der Waals surface area contributed by atoms with Gasteiger partial charge >= 0.3 is 0 Å². The minimum Gasteiger partial charge on any atom is -0.309 e. The lowest BCUT2D eigenvalue weighted by Gasteiger charge is -2.18. The number of hydrogen-bond acceptors (Lipinski definition) is 9. The maximum absolute atomic E-state index is 5.69. The summed E-state index contributed by atoms with van der Waals surface area (Å²) in [5.41, 5.74) is 36.2. The zero-order valence-electron chi connectivity index (χ0n) is 79.9. The van der Waals surface area contributed by atoms with E-state index in [4.69, 9.17) is 44.9 Å². The number of rotatable bonds is 14. The average molecular weight is 1890 g/mol. The molecule has 686 valence electrons. The molecule has 0 N–H and O–H groups in total. The van der Waals surface area contributed by atoms with Crippen molar-refractivity contribution in [2.75, 3.05) is 0 Å². The van der Waals surface area contributed by atoms with Crippen molar-refractivity contribution in [1.82, 2.24) is 58.6 Å². The molecule has 0 unspecified atom stereocenters. The summed E-state index contributed by atoms with van der Waals surface area (Å²) in [5.74, 6) is 5.29. The molecule has 23 aromatic carbocycles. The Morgan fingerprint density at radius 1 is 0.121 bits per heavy atom. The van der Waals surface area contributed by atoms with Gasteiger partial charge in [0, 0.05) is 99.1 Å². The molecule has 0 saturated heterocycles. The Morgan fingerprint density at radius 3 is 0.839 bits per heavy atom. The van der Waals surface area contributed by atoms with E-state index < -0.39 is 0 Å². The van der Waals surface area contributed by atoms with Crippen LogP contribution in [0.3, 0.4) is 0 Å². The van der Waals surface area contributed by atoms with E-state index in [1.165, 1.54) is 104 Å². The largest absolute Gasteiger partial charge is 0.309 e. The Kier molecular flexibility index (Phi) is 17.8. The molecule has 6 aromatic heterocycles. The van der Waals surface area contributed by atoms with Crippen LogP contribution in [0, 0.1) is 0 Å². The van der Waals surface area contributed by atoms with Gasteiger partial charge < -0.3 is 13.7 Å². The van der Waals surface area contributed by atoms with Gasteiger partial charge in [-0.3, -0.25) is 0 Å². The molecule has 29 aromatic rings. The maximum Gasteiger partial charge on any atom is 0.164 e. The van der Waals surface area contributed by atoms with E-state index in [1.807, 2.05) is 42.5 Å². The fourth-order valence-electron chi connectivity index (χ4n) is 24.6. The molecule has 149 heavy (non-hydrogen) atoms. The van der Waals surface area contributed by atoms with Gasteiger partial charge in [0.15, 0.2) is 52.4 Å². The lowest BCUT2D eigenvalue weighted by Crippen LogP contribution is -2.02. The molecule has 0 aliphatic heterocycles. The second-order valence-electron chi connectivity index (χ2n) is 39.2. The highest BCUT2D eigenvalue weighted by atomic mass is 15.1. The first-order valence-corrected chi connectivity index (χ1v) is 50.6. The van der Waals surface area contributed by atoms with Crippen LogP contribution in [0.4, 0.5) is 0 Å². The molecule has 0 spiro atoms. The molecule has 12 heteroatoms. The van der Waals surface area contributed by atoms with E-state index in [-0.39, 0.29) is 0 Å². The monoisotopic (exact) mass is 1890 g/mol. The van der Waals surface area contributed by atoms with Crippen LogP contribution in [-0.4, -0.2) is 58.6 Å². The normalized spacial score (nSPS) is 12.2. The third-order valence-electron chi connectivity index (χ3n) is 31.2. The predicted molar refractivity (Wildman–Crippen MR) is 610 cm³/mol. The van der Waals surface area contributed by atoms with Gasteiger partial charge in [-0.15, -0.1) is 0 Å². The molecule has 0 bridgehead atoms. The van der Waals surface area contributed by atoms with Crippen molar-refractivity contribution in [3.63, 3.8) is 0 Å². The molecule has 0 fully saturated rings. The molecule has 0 atom stereocenters. The highest BCUT2D eigenvalue weighted by molar-refractivity contribution is 6.34. The number of aromatic nitrogens is 12. The molecule has 3 aliphatic rings. The molecule has 3 aliphatic carbocycles. The zero-order chi connectivity index (χ0) is 97.3. The van der Waals surface area contributed by atoms with E-state index >= 15 is 0 Å². The SMILES string of the molecule is c1ccc(-c2nc(-c3ccc(-n4c5cccc6c5c5c7c(cccc7ccc54)-c4ccc(-c5ccccc5-c5nc(-c7ccccc7)nc(-c7ccc(-n8c9cccc%10c9c9c%11c(cccc%11ccc98)-c8ccc(-c9ccccc9-c9nc(-c%11ccccc%11)nc(-c%11ccc(-n%12c%13cccc%14c%13c%13c%15c(cccc%15ccc%13%12)-c%12ccccc%12-%14)cc%11)n9)cc8-%10)c8ccccc78)n5)cc4-6)cc3)nc(-c3ccc4ccccc4c3)n2)cc1. The second kappa shape index (κ2) is 32.1. The zero-order valence-corrected chi connectivity index (χ0v) is 79.9. The summed E-state index contributed by atoms with van der Waals surface area (Å²) in [6.07, 6.45) is 0. The first kappa shape index (κ1) is 82.4. The molecule has 6 heterocycles. The summed E-state index contributed by atoms with van der Waals surface area (Å²) >= 11 is 0. The Bertz CT molecular complexity index is 10900. The van der Waals surface area contributed by atoms with E-state index in [0.717, 1.165) is 172 Å². The van der Waals surface area contributed by atoms with Gasteiger partial charge in [-0.25, -0.2) is 44.9 Å². The van der Waals surface area contributed by atoms with Crippen molar-refractivity contribution in [3.05, 3.63) is 473 Å². The first-order chi connectivity index (χ1) is 73.9. The van der Waals surface area contributed by atoms with Crippen LogP contribution >= 0.6 is 0 Å². The van der Waals surface area contributed by atoms with Crippen LogP contribution in [0.5, 0.6) is 0 Å². The molecule has 0 saturated carbocycles. The van der Waals surface area contributed by atoms with E-state index in [1.54, 1.807) is 0 Å². The molecule has 0 radical (unpaired) electrons. The highest BCUT2D eigenvalue weighted by Gasteiger charge is 2.33. The molecular weight excluding hydrogens is 1810 g/mol. The third kappa shape index (κ3) is 12.5. The Balaban J connectivity index is 0.494. The fourth-order valence-corrected chi connectivity index (χ4v) is 24.6. The van der Waals surface area contributed by atoms with Crippen LogP contribution in [0.1, 0.15) is 0 Å². The molecule has 32 rings (SSSR count). The quantitative estimate of drug-likeness (QED) is 0.104. The van der Waals surface area contributed by atoms with Crippen LogP contribution in [-0.2, 0) is 0 Å². The van der Waals surface area contributed by atoms with Crippen molar-refractivity contribution >= 4 is 119 Å². The van der Waals surface area contributed by atoms with E-state index in [0.29, 0.717) is 52.4 Å². The van der Waals surface area contributed by atoms with Gasteiger partial charge in [-0.1, -0.05) is 358 Å². The third-order valence-corrected chi connectivity index (χ3v) is 31.2. The van der Waals surface area contributed by atoms with Gasteiger partial charge in [0.05, 0.1) is 38.8 Å². The van der Waals surface area contributed by atoms with Gasteiger partial charge in [0.25, 0.3) is 0 Å². The Hall–Kier alpha value is -20.2. The van der Waals surface area contributed by atoms with Crippen molar-refractivity contribution in [2.24, 2.45) is 0 Å². The molecular formula is C137H78N12. The van der Waals surface area contributed by atoms with E-state index in [2.05, 4.69) is 444 Å². The second-order valence-corrected chi connectivity index (χ2v) is 39.2. The van der Waals surface area contributed by atoms with Gasteiger partial charge in [-0.05, 0) is 253 Å². The van der Waals surface area contributed by atoms with Crippen LogP contribution < -0.4 is 0 Å². The van der Waals surface area contributed by atoms with Crippen LogP contribution in [0.25, 0.3) is 328 Å². The summed E-state index contributed by atoms with van der Waals surface area (Å²) in [5, 5.41) is 19.0. The van der Waals surface area contributed by atoms with E-state index in [9.17, 15) is 0 Å². The minimum absolute atomic E-state index is 0.563. The fraction of sp³-hybridized carbons (Fsp3) is 0. The summed E-state index contributed by atoms with van der Waals surface area (Å²) in [4.78, 5) is 48.5. The number of hydrogen-bond donors (Lipinski definition) is 0. The molecule has 12 nitrogen and oxygen atoms in total. The number of benzene rings is 23. The topological polar surface area (TPSA) is 131 Å². The van der Waals surface area contributed by atoms with Crippen LogP contribution in [0.2, 0.25) is 0 Å². The Morgan fingerprint density at radius 2 is 0.396 bits per heavy atom. The summed E-state index contributed by atoms with van der Waals surface area (Å²) in [6.45, 7) is 0. The average Bonchev–Trinajstić information content (AvgIpc) is 1.55. The maximum atomic E-state index is 5.69. The number of nitrogens with zero attached hydrogens (tertiary/aromatic N) is 12. The van der Waals surface area contributed by atoms with Crippen molar-refractivity contribution in [3.8, 4) is 209 Å². The van der Waals surface area contributed by atoms with Crippen molar-refractivity contribution in [1.29, 1.82) is 0 Å². The van der Waals surface area contributed by atoms with Crippen molar-refractivity contribution in [2.45, 2.75) is 0 Å².